The monoisotopic (exact) mass is 189 g/mol. The van der Waals surface area contributed by atoms with Crippen LogP contribution in [0, 0.1) is 0 Å². The van der Waals surface area contributed by atoms with E-state index >= 15 is 0 Å². The summed E-state index contributed by atoms with van der Waals surface area (Å²) in [4.78, 5) is 3.84. The van der Waals surface area contributed by atoms with Crippen LogP contribution in [0.2, 0.25) is 0 Å². The SMILES string of the molecule is [N-]=[N+]=NCc1cc2ccccc2s1. The van der Waals surface area contributed by atoms with Crippen LogP contribution < -0.4 is 0 Å². The molecule has 0 amide bonds. The molecular formula is C9H7N3S. The second-order valence-electron chi connectivity index (χ2n) is 2.64. The summed E-state index contributed by atoms with van der Waals surface area (Å²) in [6.45, 7) is 0.454. The summed E-state index contributed by atoms with van der Waals surface area (Å²) in [5.41, 5.74) is 8.17. The van der Waals surface area contributed by atoms with Crippen molar-refractivity contribution in [3.63, 3.8) is 0 Å². The molecule has 2 rings (SSSR count). The second-order valence-corrected chi connectivity index (χ2v) is 3.81. The van der Waals surface area contributed by atoms with Gasteiger partial charge in [0.15, 0.2) is 0 Å². The molecule has 64 valence electrons. The number of thiophene rings is 1. The molecule has 13 heavy (non-hydrogen) atoms. The largest absolute Gasteiger partial charge is 0.140 e. The molecule has 0 aliphatic rings. The lowest BCUT2D eigenvalue weighted by Crippen LogP contribution is -1.67. The number of hydrogen-bond acceptors (Lipinski definition) is 2. The Morgan fingerprint density at radius 3 is 3.00 bits per heavy atom. The predicted molar refractivity (Wildman–Crippen MR) is 54.7 cm³/mol. The Morgan fingerprint density at radius 1 is 1.38 bits per heavy atom. The Bertz CT molecular complexity index is 435. The summed E-state index contributed by atoms with van der Waals surface area (Å²) in [6.07, 6.45) is 0. The third-order valence-electron chi connectivity index (χ3n) is 1.77. The Hall–Kier alpha value is -1.51. The van der Waals surface area contributed by atoms with Gasteiger partial charge in [-0.15, -0.1) is 11.3 Å². The minimum atomic E-state index is 0.454. The summed E-state index contributed by atoms with van der Waals surface area (Å²) in [5, 5.41) is 4.75. The number of azide groups is 1. The molecule has 0 bridgehead atoms. The zero-order valence-corrected chi connectivity index (χ0v) is 7.66. The summed E-state index contributed by atoms with van der Waals surface area (Å²) in [6, 6.07) is 10.2. The molecule has 1 aromatic carbocycles. The molecule has 0 radical (unpaired) electrons. The fourth-order valence-electron chi connectivity index (χ4n) is 1.22. The number of hydrogen-bond donors (Lipinski definition) is 0. The summed E-state index contributed by atoms with van der Waals surface area (Å²) >= 11 is 1.67. The number of nitrogens with zero attached hydrogens (tertiary/aromatic N) is 3. The fraction of sp³-hybridized carbons (Fsp3) is 0.111. The van der Waals surface area contributed by atoms with Crippen molar-refractivity contribution in [2.45, 2.75) is 6.54 Å². The highest BCUT2D eigenvalue weighted by Crippen LogP contribution is 2.25. The summed E-state index contributed by atoms with van der Waals surface area (Å²) in [5.74, 6) is 0. The standard InChI is InChI=1S/C9H7N3S/c10-12-11-6-8-5-7-3-1-2-4-9(7)13-8/h1-5H,6H2. The quantitative estimate of drug-likeness (QED) is 0.393. The van der Waals surface area contributed by atoms with E-state index in [0.29, 0.717) is 6.54 Å². The van der Waals surface area contributed by atoms with Gasteiger partial charge in [-0.2, -0.15) is 0 Å². The van der Waals surface area contributed by atoms with Crippen molar-refractivity contribution in [2.24, 2.45) is 5.11 Å². The van der Waals surface area contributed by atoms with Crippen LogP contribution in [0.5, 0.6) is 0 Å². The molecule has 0 unspecified atom stereocenters. The van der Waals surface area contributed by atoms with E-state index < -0.39 is 0 Å². The van der Waals surface area contributed by atoms with Gasteiger partial charge in [0, 0.05) is 14.5 Å². The molecule has 0 N–H and O–H groups in total. The van der Waals surface area contributed by atoms with Crippen LogP contribution in [0.25, 0.3) is 20.5 Å². The highest BCUT2D eigenvalue weighted by molar-refractivity contribution is 7.19. The smallest absolute Gasteiger partial charge is 0.0605 e. The first-order valence-electron chi connectivity index (χ1n) is 3.88. The summed E-state index contributed by atoms with van der Waals surface area (Å²) in [7, 11) is 0. The van der Waals surface area contributed by atoms with Crippen molar-refractivity contribution in [1.82, 2.24) is 0 Å². The number of fused-ring (bicyclic) bond motifs is 1. The molecule has 0 fully saturated rings. The van der Waals surface area contributed by atoms with E-state index in [9.17, 15) is 0 Å². The normalized spacial score (nSPS) is 9.85. The molecule has 0 saturated carbocycles. The van der Waals surface area contributed by atoms with E-state index in [1.165, 1.54) is 10.1 Å². The van der Waals surface area contributed by atoms with Crippen LogP contribution in [0.3, 0.4) is 0 Å². The zero-order chi connectivity index (χ0) is 9.10. The van der Waals surface area contributed by atoms with E-state index in [1.807, 2.05) is 12.1 Å². The molecule has 2 aromatic rings. The molecule has 0 saturated heterocycles. The highest BCUT2D eigenvalue weighted by Gasteiger charge is 1.98. The second kappa shape index (κ2) is 3.47. The Balaban J connectivity index is 2.43. The topological polar surface area (TPSA) is 48.8 Å². The van der Waals surface area contributed by atoms with Gasteiger partial charge in [-0.25, -0.2) is 0 Å². The molecule has 1 aromatic heterocycles. The molecule has 4 heteroatoms. The van der Waals surface area contributed by atoms with Gasteiger partial charge in [0.05, 0.1) is 6.54 Å². The number of rotatable bonds is 2. The van der Waals surface area contributed by atoms with Crippen molar-refractivity contribution in [3.8, 4) is 0 Å². The van der Waals surface area contributed by atoms with Gasteiger partial charge in [0.1, 0.15) is 0 Å². The van der Waals surface area contributed by atoms with Crippen LogP contribution in [0.1, 0.15) is 4.88 Å². The highest BCUT2D eigenvalue weighted by atomic mass is 32.1. The minimum Gasteiger partial charge on any atom is -0.140 e. The van der Waals surface area contributed by atoms with Crippen LogP contribution >= 0.6 is 11.3 Å². The van der Waals surface area contributed by atoms with E-state index in [2.05, 4.69) is 28.2 Å². The fourth-order valence-corrected chi connectivity index (χ4v) is 2.20. The Labute approximate surface area is 79.3 Å². The van der Waals surface area contributed by atoms with E-state index in [1.54, 1.807) is 11.3 Å². The van der Waals surface area contributed by atoms with Crippen molar-refractivity contribution in [3.05, 3.63) is 45.7 Å². The molecular weight excluding hydrogens is 182 g/mol. The molecule has 3 nitrogen and oxygen atoms in total. The van der Waals surface area contributed by atoms with Gasteiger partial charge in [0.2, 0.25) is 0 Å². The van der Waals surface area contributed by atoms with Gasteiger partial charge in [-0.3, -0.25) is 0 Å². The van der Waals surface area contributed by atoms with Crippen molar-refractivity contribution in [1.29, 1.82) is 0 Å². The zero-order valence-electron chi connectivity index (χ0n) is 6.84. The lowest BCUT2D eigenvalue weighted by Gasteiger charge is -1.82. The molecule has 0 atom stereocenters. The van der Waals surface area contributed by atoms with Crippen molar-refractivity contribution >= 4 is 21.4 Å². The van der Waals surface area contributed by atoms with Crippen molar-refractivity contribution < 1.29 is 0 Å². The third-order valence-corrected chi connectivity index (χ3v) is 2.87. The van der Waals surface area contributed by atoms with Gasteiger partial charge in [0.25, 0.3) is 0 Å². The van der Waals surface area contributed by atoms with Gasteiger partial charge >= 0.3 is 0 Å². The molecule has 0 spiro atoms. The average Bonchev–Trinajstić information content (AvgIpc) is 2.57. The Morgan fingerprint density at radius 2 is 2.23 bits per heavy atom. The molecule has 0 aliphatic carbocycles. The third kappa shape index (κ3) is 1.64. The summed E-state index contributed by atoms with van der Waals surface area (Å²) < 4.78 is 1.24. The lowest BCUT2D eigenvalue weighted by atomic mass is 10.2. The maximum absolute atomic E-state index is 8.17. The first-order valence-corrected chi connectivity index (χ1v) is 4.70. The lowest BCUT2D eigenvalue weighted by molar-refractivity contribution is 1.08. The molecule has 1 heterocycles. The van der Waals surface area contributed by atoms with Gasteiger partial charge in [-0.1, -0.05) is 23.3 Å². The van der Waals surface area contributed by atoms with Crippen LogP contribution in [-0.2, 0) is 6.54 Å². The Kier molecular flexibility index (Phi) is 2.17. The first kappa shape index (κ1) is 8.10. The first-order chi connectivity index (χ1) is 6.40. The van der Waals surface area contributed by atoms with Crippen LogP contribution in [-0.4, -0.2) is 0 Å². The maximum Gasteiger partial charge on any atom is 0.0605 e. The molecule has 0 aliphatic heterocycles. The van der Waals surface area contributed by atoms with Crippen LogP contribution in [0.4, 0.5) is 0 Å². The van der Waals surface area contributed by atoms with Gasteiger partial charge in [-0.05, 0) is 23.1 Å². The average molecular weight is 189 g/mol. The number of benzene rings is 1. The van der Waals surface area contributed by atoms with E-state index in [4.69, 9.17) is 5.53 Å². The van der Waals surface area contributed by atoms with E-state index in [-0.39, 0.29) is 0 Å². The van der Waals surface area contributed by atoms with Crippen molar-refractivity contribution in [2.75, 3.05) is 0 Å². The van der Waals surface area contributed by atoms with Crippen LogP contribution in [0.15, 0.2) is 35.4 Å². The minimum absolute atomic E-state index is 0.454. The predicted octanol–water partition coefficient (Wildman–Crippen LogP) is 3.71. The van der Waals surface area contributed by atoms with Gasteiger partial charge < -0.3 is 0 Å². The maximum atomic E-state index is 8.17. The van der Waals surface area contributed by atoms with E-state index in [0.717, 1.165) is 4.88 Å².